The Morgan fingerprint density at radius 3 is 2.65 bits per heavy atom. The van der Waals surface area contributed by atoms with E-state index in [9.17, 15) is 14.4 Å². The number of nitrogens with zero attached hydrogens (tertiary/aromatic N) is 4. The first kappa shape index (κ1) is 20.6. The molecule has 0 fully saturated rings. The van der Waals surface area contributed by atoms with E-state index >= 15 is 0 Å². The van der Waals surface area contributed by atoms with E-state index in [0.717, 1.165) is 0 Å². The molecule has 1 aliphatic heterocycles. The van der Waals surface area contributed by atoms with E-state index in [1.165, 1.54) is 15.5 Å². The maximum atomic E-state index is 13.2. The number of carbonyl (C=O) groups excluding carboxylic acids is 2. The third-order valence-corrected chi connectivity index (χ3v) is 4.91. The Hall–Kier alpha value is -3.69. The normalized spacial score (nSPS) is 15.0. The van der Waals surface area contributed by atoms with Gasteiger partial charge >= 0.3 is 6.09 Å². The first-order chi connectivity index (χ1) is 14.4. The molecule has 0 aliphatic carbocycles. The molecule has 3 aromatic rings. The second-order valence-electron chi connectivity index (χ2n) is 8.99. The van der Waals surface area contributed by atoms with E-state index in [-0.39, 0.29) is 18.6 Å². The van der Waals surface area contributed by atoms with Gasteiger partial charge in [-0.15, -0.1) is 0 Å². The van der Waals surface area contributed by atoms with Crippen LogP contribution in [0.25, 0.3) is 11.0 Å². The average molecular weight is 426 g/mol. The number of fused-ring (bicyclic) bond motifs is 2. The van der Waals surface area contributed by atoms with Gasteiger partial charge in [-0.2, -0.15) is 0 Å². The summed E-state index contributed by atoms with van der Waals surface area (Å²) < 4.78 is 8.15. The average Bonchev–Trinajstić information content (AvgIpc) is 3.17. The molecule has 4 heterocycles. The molecule has 164 valence electrons. The van der Waals surface area contributed by atoms with E-state index in [0.29, 0.717) is 28.1 Å². The number of anilines is 2. The Morgan fingerprint density at radius 2 is 1.97 bits per heavy atom. The molecule has 0 saturated carbocycles. The number of pyridine rings is 1. The van der Waals surface area contributed by atoms with Crippen LogP contribution in [0.2, 0.25) is 0 Å². The van der Waals surface area contributed by atoms with Gasteiger partial charge < -0.3 is 15.4 Å². The molecular formula is C21H26N6O4. The van der Waals surface area contributed by atoms with Gasteiger partial charge in [-0.05, 0) is 59.2 Å². The fourth-order valence-corrected chi connectivity index (χ4v) is 3.68. The number of hydrogen-bond donors (Lipinski definition) is 2. The largest absolute Gasteiger partial charge is 0.443 e. The summed E-state index contributed by atoms with van der Waals surface area (Å²) in [7, 11) is 0. The fraction of sp³-hybridized carbons (Fsp3) is 0.381. The Morgan fingerprint density at radius 1 is 1.26 bits per heavy atom. The summed E-state index contributed by atoms with van der Waals surface area (Å²) in [4.78, 5) is 46.4. The highest BCUT2D eigenvalue weighted by molar-refractivity contribution is 5.97. The second-order valence-corrected chi connectivity index (χ2v) is 8.99. The van der Waals surface area contributed by atoms with Crippen LogP contribution in [0.15, 0.2) is 29.5 Å². The van der Waals surface area contributed by atoms with Crippen molar-refractivity contribution in [2.45, 2.75) is 52.8 Å². The number of amides is 1. The summed E-state index contributed by atoms with van der Waals surface area (Å²) in [5, 5.41) is 6.41. The SMILES string of the molecule is Cc1cc(Nc2ncnc3c2ccn3C(=O)OC(C)(C)C)c(=O)n2c1C(=O)NC2(C)C.[HH]. The van der Waals surface area contributed by atoms with Crippen LogP contribution in [0.3, 0.4) is 0 Å². The van der Waals surface area contributed by atoms with Gasteiger partial charge in [-0.1, -0.05) is 0 Å². The van der Waals surface area contributed by atoms with Crippen LogP contribution in [0.1, 0.15) is 52.1 Å². The monoisotopic (exact) mass is 426 g/mol. The lowest BCUT2D eigenvalue weighted by atomic mass is 10.1. The lowest BCUT2D eigenvalue weighted by Crippen LogP contribution is -2.42. The van der Waals surface area contributed by atoms with Gasteiger partial charge in [0.2, 0.25) is 0 Å². The molecule has 0 radical (unpaired) electrons. The Labute approximate surface area is 179 Å². The van der Waals surface area contributed by atoms with E-state index < -0.39 is 17.4 Å². The molecule has 1 amide bonds. The van der Waals surface area contributed by atoms with Crippen LogP contribution in [-0.2, 0) is 10.4 Å². The van der Waals surface area contributed by atoms with Gasteiger partial charge in [0.25, 0.3) is 11.5 Å². The first-order valence-electron chi connectivity index (χ1n) is 9.81. The highest BCUT2D eigenvalue weighted by Crippen LogP contribution is 2.27. The molecule has 0 spiro atoms. The smallest absolute Gasteiger partial charge is 0.420 e. The minimum Gasteiger partial charge on any atom is -0.443 e. The number of rotatable bonds is 2. The third kappa shape index (κ3) is 3.43. The van der Waals surface area contributed by atoms with Gasteiger partial charge in [0.15, 0.2) is 5.65 Å². The molecule has 10 heteroatoms. The predicted molar refractivity (Wildman–Crippen MR) is 117 cm³/mol. The number of aryl methyl sites for hydroxylation is 1. The zero-order valence-corrected chi connectivity index (χ0v) is 18.2. The van der Waals surface area contributed by atoms with Crippen molar-refractivity contribution in [1.82, 2.24) is 24.4 Å². The zero-order chi connectivity index (χ0) is 22.7. The minimum absolute atomic E-state index is 0. The third-order valence-electron chi connectivity index (χ3n) is 4.91. The Kier molecular flexibility index (Phi) is 4.42. The van der Waals surface area contributed by atoms with Crippen LogP contribution < -0.4 is 16.2 Å². The van der Waals surface area contributed by atoms with E-state index in [1.54, 1.807) is 59.9 Å². The zero-order valence-electron chi connectivity index (χ0n) is 18.2. The number of hydrogen-bond acceptors (Lipinski definition) is 7. The van der Waals surface area contributed by atoms with Crippen molar-refractivity contribution in [3.8, 4) is 0 Å². The topological polar surface area (TPSA) is 120 Å². The number of ether oxygens (including phenoxy) is 1. The van der Waals surface area contributed by atoms with E-state index in [4.69, 9.17) is 4.74 Å². The van der Waals surface area contributed by atoms with Crippen LogP contribution in [0, 0.1) is 6.92 Å². The summed E-state index contributed by atoms with van der Waals surface area (Å²) >= 11 is 0. The van der Waals surface area contributed by atoms with Crippen molar-refractivity contribution in [1.29, 1.82) is 0 Å². The molecule has 2 N–H and O–H groups in total. The van der Waals surface area contributed by atoms with Crippen molar-refractivity contribution in [2.75, 3.05) is 5.32 Å². The summed E-state index contributed by atoms with van der Waals surface area (Å²) in [5.74, 6) is 0.0736. The predicted octanol–water partition coefficient (Wildman–Crippen LogP) is 3.11. The first-order valence-corrected chi connectivity index (χ1v) is 9.81. The van der Waals surface area contributed by atoms with Crippen molar-refractivity contribution in [3.63, 3.8) is 0 Å². The van der Waals surface area contributed by atoms with Gasteiger partial charge in [-0.3, -0.25) is 14.2 Å². The standard InChI is InChI=1S/C21H24N6O4.H2/c1-11-9-13(18(29)27-14(11)17(28)25-21(27,5)6)24-15-12-7-8-26(16(12)23-10-22-15)19(30)31-20(2,3)4;/h7-10H,1-6H3,(H,25,28)(H,22,23,24);1H. The molecule has 4 rings (SSSR count). The number of nitrogens with one attached hydrogen (secondary N) is 2. The summed E-state index contributed by atoms with van der Waals surface area (Å²) in [6, 6.07) is 3.29. The van der Waals surface area contributed by atoms with Crippen LogP contribution in [0.5, 0.6) is 0 Å². The van der Waals surface area contributed by atoms with Crippen molar-refractivity contribution in [3.05, 3.63) is 46.3 Å². The minimum atomic E-state index is -0.854. The molecular weight excluding hydrogens is 400 g/mol. The molecule has 31 heavy (non-hydrogen) atoms. The van der Waals surface area contributed by atoms with Crippen LogP contribution in [-0.4, -0.2) is 36.7 Å². The lowest BCUT2D eigenvalue weighted by molar-refractivity contribution is 0.0543. The second kappa shape index (κ2) is 6.66. The van der Waals surface area contributed by atoms with Gasteiger partial charge in [0.1, 0.15) is 34.8 Å². The summed E-state index contributed by atoms with van der Waals surface area (Å²) in [6.07, 6.45) is 2.29. The quantitative estimate of drug-likeness (QED) is 0.646. The number of aromatic nitrogens is 4. The maximum absolute atomic E-state index is 13.2. The summed E-state index contributed by atoms with van der Waals surface area (Å²) in [6.45, 7) is 10.6. The Balaban J connectivity index is 0.00000289. The van der Waals surface area contributed by atoms with Crippen molar-refractivity contribution >= 4 is 34.5 Å². The lowest BCUT2D eigenvalue weighted by Gasteiger charge is -2.22. The van der Waals surface area contributed by atoms with Crippen molar-refractivity contribution < 1.29 is 15.8 Å². The van der Waals surface area contributed by atoms with E-state index in [2.05, 4.69) is 20.6 Å². The van der Waals surface area contributed by atoms with Gasteiger partial charge in [0.05, 0.1) is 5.39 Å². The molecule has 1 aliphatic rings. The highest BCUT2D eigenvalue weighted by Gasteiger charge is 2.37. The van der Waals surface area contributed by atoms with E-state index in [1.807, 2.05) is 0 Å². The van der Waals surface area contributed by atoms with Crippen LogP contribution in [0.4, 0.5) is 16.3 Å². The highest BCUT2D eigenvalue weighted by atomic mass is 16.6. The maximum Gasteiger partial charge on any atom is 0.420 e. The molecule has 3 aromatic heterocycles. The van der Waals surface area contributed by atoms with Crippen molar-refractivity contribution in [2.24, 2.45) is 0 Å². The molecule has 0 aromatic carbocycles. The van der Waals surface area contributed by atoms with Crippen LogP contribution >= 0.6 is 0 Å². The molecule has 0 atom stereocenters. The molecule has 0 bridgehead atoms. The molecule has 0 unspecified atom stereocenters. The number of carbonyl (C=O) groups is 2. The fourth-order valence-electron chi connectivity index (χ4n) is 3.68. The Bertz CT molecular complexity index is 1300. The molecule has 0 saturated heterocycles. The van der Waals surface area contributed by atoms with Gasteiger partial charge in [-0.25, -0.2) is 19.3 Å². The molecule has 10 nitrogen and oxygen atoms in total. The van der Waals surface area contributed by atoms with Gasteiger partial charge in [0, 0.05) is 7.62 Å². The summed E-state index contributed by atoms with van der Waals surface area (Å²) in [5.41, 5.74) is -0.268.